The number of aliphatic carboxylic acids is 1. The average Bonchev–Trinajstić information content (AvgIpc) is 2.95. The molecule has 2 atom stereocenters. The van der Waals surface area contributed by atoms with Gasteiger partial charge >= 0.3 is 5.97 Å². The van der Waals surface area contributed by atoms with Gasteiger partial charge in [-0.15, -0.1) is 0 Å². The van der Waals surface area contributed by atoms with E-state index in [9.17, 15) is 14.4 Å². The molecule has 1 aromatic carbocycles. The van der Waals surface area contributed by atoms with Crippen molar-refractivity contribution in [2.75, 3.05) is 18.0 Å². The number of carbonyl (C=O) groups excluding carboxylic acids is 2. The maximum Gasteiger partial charge on any atom is 0.308 e. The van der Waals surface area contributed by atoms with Crippen molar-refractivity contribution in [2.45, 2.75) is 40.0 Å². The summed E-state index contributed by atoms with van der Waals surface area (Å²) in [4.78, 5) is 37.5. The first-order valence-corrected chi connectivity index (χ1v) is 8.72. The van der Waals surface area contributed by atoms with Crippen LogP contribution in [0, 0.1) is 25.7 Å². The first kappa shape index (κ1) is 19.0. The fourth-order valence-corrected chi connectivity index (χ4v) is 3.17. The number of nitrogens with zero attached hydrogens (tertiary/aromatic N) is 1. The minimum Gasteiger partial charge on any atom is -0.481 e. The van der Waals surface area contributed by atoms with Gasteiger partial charge in [-0.3, -0.25) is 14.4 Å². The second-order valence-corrected chi connectivity index (χ2v) is 6.69. The minimum absolute atomic E-state index is 0.0720. The Morgan fingerprint density at radius 2 is 2.08 bits per heavy atom. The molecule has 25 heavy (non-hydrogen) atoms. The molecular formula is C19H26N2O4. The molecule has 1 saturated heterocycles. The van der Waals surface area contributed by atoms with Gasteiger partial charge < -0.3 is 15.3 Å². The third kappa shape index (κ3) is 4.38. The van der Waals surface area contributed by atoms with Crippen molar-refractivity contribution in [1.82, 2.24) is 5.32 Å². The zero-order valence-corrected chi connectivity index (χ0v) is 15.0. The normalized spacial score (nSPS) is 18.3. The number of carboxylic acid groups (broad SMARTS) is 1. The predicted molar refractivity (Wildman–Crippen MR) is 95.4 cm³/mol. The van der Waals surface area contributed by atoms with Crippen molar-refractivity contribution in [2.24, 2.45) is 11.8 Å². The van der Waals surface area contributed by atoms with E-state index in [-0.39, 0.29) is 24.8 Å². The van der Waals surface area contributed by atoms with E-state index in [0.29, 0.717) is 13.0 Å². The quantitative estimate of drug-likeness (QED) is 0.793. The van der Waals surface area contributed by atoms with Crippen LogP contribution in [0.25, 0.3) is 0 Å². The van der Waals surface area contributed by atoms with E-state index >= 15 is 0 Å². The first-order chi connectivity index (χ1) is 11.8. The van der Waals surface area contributed by atoms with Gasteiger partial charge in [0.15, 0.2) is 0 Å². The zero-order chi connectivity index (χ0) is 18.6. The average molecular weight is 346 g/mol. The molecule has 136 valence electrons. The minimum atomic E-state index is -0.901. The highest BCUT2D eigenvalue weighted by atomic mass is 16.4. The monoisotopic (exact) mass is 346 g/mol. The number of carboxylic acids is 1. The van der Waals surface area contributed by atoms with Crippen molar-refractivity contribution in [3.63, 3.8) is 0 Å². The summed E-state index contributed by atoms with van der Waals surface area (Å²) in [6, 6.07) is 5.78. The van der Waals surface area contributed by atoms with E-state index in [1.807, 2.05) is 39.0 Å². The Balaban J connectivity index is 2.00. The maximum atomic E-state index is 12.4. The summed E-state index contributed by atoms with van der Waals surface area (Å²) in [6.07, 6.45) is 1.42. The number of anilines is 1. The molecule has 1 aliphatic rings. The molecule has 6 heteroatoms. The topological polar surface area (TPSA) is 86.7 Å². The molecule has 0 spiro atoms. The third-order valence-electron chi connectivity index (χ3n) is 4.87. The SMILES string of the molecule is CCCC(CNC(=O)C1CC(=O)N(c2cccc(C)c2C)C1)C(=O)O. The van der Waals surface area contributed by atoms with Crippen LogP contribution in [0.5, 0.6) is 0 Å². The van der Waals surface area contributed by atoms with Gasteiger partial charge in [-0.25, -0.2) is 0 Å². The largest absolute Gasteiger partial charge is 0.481 e. The van der Waals surface area contributed by atoms with Crippen LogP contribution in [0.3, 0.4) is 0 Å². The molecule has 6 nitrogen and oxygen atoms in total. The summed E-state index contributed by atoms with van der Waals surface area (Å²) < 4.78 is 0. The highest BCUT2D eigenvalue weighted by Crippen LogP contribution is 2.29. The Morgan fingerprint density at radius 3 is 2.72 bits per heavy atom. The fraction of sp³-hybridized carbons (Fsp3) is 0.526. The first-order valence-electron chi connectivity index (χ1n) is 8.72. The summed E-state index contributed by atoms with van der Waals surface area (Å²) >= 11 is 0. The second kappa shape index (κ2) is 8.14. The molecular weight excluding hydrogens is 320 g/mol. The number of nitrogens with one attached hydrogen (secondary N) is 1. The molecule has 1 aliphatic heterocycles. The Labute approximate surface area is 148 Å². The van der Waals surface area contributed by atoms with Crippen LogP contribution in [0.15, 0.2) is 18.2 Å². The lowest BCUT2D eigenvalue weighted by atomic mass is 10.0. The molecule has 1 aromatic rings. The Kier molecular flexibility index (Phi) is 6.17. The van der Waals surface area contributed by atoms with E-state index < -0.39 is 17.8 Å². The van der Waals surface area contributed by atoms with Crippen LogP contribution in [-0.4, -0.2) is 36.0 Å². The lowest BCUT2D eigenvalue weighted by Gasteiger charge is -2.20. The van der Waals surface area contributed by atoms with Crippen LogP contribution < -0.4 is 10.2 Å². The molecule has 2 unspecified atom stereocenters. The number of hydrogen-bond donors (Lipinski definition) is 2. The van der Waals surface area contributed by atoms with E-state index in [1.54, 1.807) is 4.90 Å². The van der Waals surface area contributed by atoms with Gasteiger partial charge in [0.2, 0.25) is 11.8 Å². The molecule has 2 rings (SSSR count). The third-order valence-corrected chi connectivity index (χ3v) is 4.87. The van der Waals surface area contributed by atoms with Crippen molar-refractivity contribution in [1.29, 1.82) is 0 Å². The molecule has 2 amide bonds. The van der Waals surface area contributed by atoms with Crippen molar-refractivity contribution >= 4 is 23.5 Å². The Hall–Kier alpha value is -2.37. The van der Waals surface area contributed by atoms with E-state index in [1.165, 1.54) is 0 Å². The molecule has 1 fully saturated rings. The zero-order valence-electron chi connectivity index (χ0n) is 15.0. The van der Waals surface area contributed by atoms with Gasteiger partial charge in [0.25, 0.3) is 0 Å². The lowest BCUT2D eigenvalue weighted by Crippen LogP contribution is -2.37. The molecule has 1 heterocycles. The summed E-state index contributed by atoms with van der Waals surface area (Å²) in [5.74, 6) is -2.24. The molecule has 0 saturated carbocycles. The van der Waals surface area contributed by atoms with E-state index in [0.717, 1.165) is 23.2 Å². The van der Waals surface area contributed by atoms with Gasteiger partial charge in [-0.1, -0.05) is 25.5 Å². The summed E-state index contributed by atoms with van der Waals surface area (Å²) in [5.41, 5.74) is 2.97. The summed E-state index contributed by atoms with van der Waals surface area (Å²) in [7, 11) is 0. The molecule has 2 N–H and O–H groups in total. The van der Waals surface area contributed by atoms with Gasteiger partial charge in [0.05, 0.1) is 11.8 Å². The van der Waals surface area contributed by atoms with Crippen LogP contribution in [0.2, 0.25) is 0 Å². The molecule has 0 aromatic heterocycles. The molecule has 0 bridgehead atoms. The van der Waals surface area contributed by atoms with Crippen molar-refractivity contribution in [3.8, 4) is 0 Å². The highest BCUT2D eigenvalue weighted by Gasteiger charge is 2.36. The van der Waals surface area contributed by atoms with Crippen LogP contribution in [0.1, 0.15) is 37.3 Å². The Morgan fingerprint density at radius 1 is 1.36 bits per heavy atom. The van der Waals surface area contributed by atoms with Gasteiger partial charge in [0, 0.05) is 25.2 Å². The number of carbonyl (C=O) groups is 3. The standard InChI is InChI=1S/C19H26N2O4/c1-4-6-14(19(24)25)10-20-18(23)15-9-17(22)21(11-15)16-8-5-7-12(2)13(16)3/h5,7-8,14-15H,4,6,9-11H2,1-3H3,(H,20,23)(H,24,25). The number of amides is 2. The van der Waals surface area contributed by atoms with E-state index in [4.69, 9.17) is 5.11 Å². The van der Waals surface area contributed by atoms with Gasteiger partial charge in [-0.05, 0) is 37.5 Å². The number of hydrogen-bond acceptors (Lipinski definition) is 3. The molecule has 0 radical (unpaired) electrons. The number of aryl methyl sites for hydroxylation is 1. The summed E-state index contributed by atoms with van der Waals surface area (Å²) in [6.45, 7) is 6.31. The maximum absolute atomic E-state index is 12.4. The van der Waals surface area contributed by atoms with Crippen LogP contribution in [0.4, 0.5) is 5.69 Å². The summed E-state index contributed by atoms with van der Waals surface area (Å²) in [5, 5.41) is 11.9. The second-order valence-electron chi connectivity index (χ2n) is 6.69. The number of rotatable bonds is 7. The van der Waals surface area contributed by atoms with Gasteiger partial charge in [0.1, 0.15) is 0 Å². The van der Waals surface area contributed by atoms with Gasteiger partial charge in [-0.2, -0.15) is 0 Å². The lowest BCUT2D eigenvalue weighted by molar-refractivity contribution is -0.142. The predicted octanol–water partition coefficient (Wildman–Crippen LogP) is 2.27. The van der Waals surface area contributed by atoms with Crippen LogP contribution >= 0.6 is 0 Å². The van der Waals surface area contributed by atoms with E-state index in [2.05, 4.69) is 5.32 Å². The van der Waals surface area contributed by atoms with Crippen LogP contribution in [-0.2, 0) is 14.4 Å². The molecule has 0 aliphatic carbocycles. The number of benzene rings is 1. The van der Waals surface area contributed by atoms with Crippen molar-refractivity contribution in [3.05, 3.63) is 29.3 Å². The highest BCUT2D eigenvalue weighted by molar-refractivity contribution is 6.01. The Bertz CT molecular complexity index is 671. The smallest absolute Gasteiger partial charge is 0.308 e. The van der Waals surface area contributed by atoms with Crippen molar-refractivity contribution < 1.29 is 19.5 Å². The fourth-order valence-electron chi connectivity index (χ4n) is 3.17.